The van der Waals surface area contributed by atoms with Gasteiger partial charge in [-0.3, -0.25) is 4.79 Å². The summed E-state index contributed by atoms with van der Waals surface area (Å²) in [5, 5.41) is 7.18. The van der Waals surface area contributed by atoms with Gasteiger partial charge in [0.05, 0.1) is 0 Å². The van der Waals surface area contributed by atoms with Gasteiger partial charge in [-0.25, -0.2) is 14.4 Å². The Labute approximate surface area is 167 Å². The van der Waals surface area contributed by atoms with Crippen LogP contribution in [0.4, 0.5) is 10.2 Å². The molecule has 0 atom stereocenters. The summed E-state index contributed by atoms with van der Waals surface area (Å²) in [4.78, 5) is 23.8. The summed E-state index contributed by atoms with van der Waals surface area (Å²) in [5.41, 5.74) is 3.45. The normalized spacial score (nSPS) is 10.8. The lowest BCUT2D eigenvalue weighted by molar-refractivity contribution is 0.0949. The van der Waals surface area contributed by atoms with Crippen LogP contribution < -0.4 is 10.6 Å². The second-order valence-electron chi connectivity index (χ2n) is 6.63. The van der Waals surface area contributed by atoms with E-state index < -0.39 is 0 Å². The zero-order chi connectivity index (χ0) is 20.1. The van der Waals surface area contributed by atoms with Crippen molar-refractivity contribution < 1.29 is 9.18 Å². The molecule has 0 aliphatic heterocycles. The summed E-state index contributed by atoms with van der Waals surface area (Å²) in [6.07, 6.45) is 4.04. The van der Waals surface area contributed by atoms with Crippen LogP contribution in [0.15, 0.2) is 67.1 Å². The number of amides is 1. The molecule has 29 heavy (non-hydrogen) atoms. The maximum absolute atomic E-state index is 13.0. The SMILES string of the molecule is O=C(NCCc1c[nH]c2ccccc12)c1cc(NCc2ccc(F)cc2)ncn1. The lowest BCUT2D eigenvalue weighted by atomic mass is 10.1. The molecule has 0 radical (unpaired) electrons. The third-order valence-corrected chi connectivity index (χ3v) is 4.64. The molecule has 0 fully saturated rings. The number of para-hydroxylation sites is 1. The molecule has 2 heterocycles. The quantitative estimate of drug-likeness (QED) is 0.450. The first-order chi connectivity index (χ1) is 14.2. The second kappa shape index (κ2) is 8.52. The predicted octanol–water partition coefficient (Wildman–Crippen LogP) is 3.68. The van der Waals surface area contributed by atoms with E-state index in [-0.39, 0.29) is 11.7 Å². The number of anilines is 1. The Kier molecular flexibility index (Phi) is 5.47. The zero-order valence-electron chi connectivity index (χ0n) is 15.7. The molecule has 146 valence electrons. The van der Waals surface area contributed by atoms with Crippen molar-refractivity contribution in [3.05, 3.63) is 89.8 Å². The Bertz CT molecular complexity index is 1120. The van der Waals surface area contributed by atoms with Crippen molar-refractivity contribution in [3.8, 4) is 0 Å². The van der Waals surface area contributed by atoms with Crippen LogP contribution in [-0.2, 0) is 13.0 Å². The van der Waals surface area contributed by atoms with E-state index in [1.165, 1.54) is 18.5 Å². The lowest BCUT2D eigenvalue weighted by Gasteiger charge is -2.08. The minimum absolute atomic E-state index is 0.253. The van der Waals surface area contributed by atoms with Crippen LogP contribution in [0.2, 0.25) is 0 Å². The van der Waals surface area contributed by atoms with Gasteiger partial charge in [0.1, 0.15) is 23.7 Å². The molecule has 0 aliphatic rings. The summed E-state index contributed by atoms with van der Waals surface area (Å²) < 4.78 is 13.0. The predicted molar refractivity (Wildman–Crippen MR) is 110 cm³/mol. The number of hydrogen-bond donors (Lipinski definition) is 3. The van der Waals surface area contributed by atoms with Gasteiger partial charge in [-0.2, -0.15) is 0 Å². The minimum Gasteiger partial charge on any atom is -0.366 e. The van der Waals surface area contributed by atoms with Gasteiger partial charge in [-0.05, 0) is 35.7 Å². The Hall–Kier alpha value is -3.74. The number of carbonyl (C=O) groups is 1. The Morgan fingerprint density at radius 3 is 2.76 bits per heavy atom. The van der Waals surface area contributed by atoms with Crippen LogP contribution in [-0.4, -0.2) is 27.4 Å². The van der Waals surface area contributed by atoms with Crippen molar-refractivity contribution in [1.82, 2.24) is 20.3 Å². The number of fused-ring (bicyclic) bond motifs is 1. The highest BCUT2D eigenvalue weighted by Crippen LogP contribution is 2.17. The number of hydrogen-bond acceptors (Lipinski definition) is 4. The first-order valence-corrected chi connectivity index (χ1v) is 9.32. The maximum Gasteiger partial charge on any atom is 0.270 e. The largest absolute Gasteiger partial charge is 0.366 e. The number of aromatic nitrogens is 3. The van der Waals surface area contributed by atoms with Gasteiger partial charge in [0.25, 0.3) is 5.91 Å². The van der Waals surface area contributed by atoms with E-state index in [9.17, 15) is 9.18 Å². The molecule has 4 aromatic rings. The van der Waals surface area contributed by atoms with Gasteiger partial charge in [0, 0.05) is 36.3 Å². The molecular weight excluding hydrogens is 369 g/mol. The fraction of sp³-hybridized carbons (Fsp3) is 0.136. The lowest BCUT2D eigenvalue weighted by Crippen LogP contribution is -2.26. The van der Waals surface area contributed by atoms with Crippen molar-refractivity contribution in [2.75, 3.05) is 11.9 Å². The van der Waals surface area contributed by atoms with Crippen LogP contribution in [0.3, 0.4) is 0 Å². The first-order valence-electron chi connectivity index (χ1n) is 9.32. The van der Waals surface area contributed by atoms with E-state index in [4.69, 9.17) is 0 Å². The van der Waals surface area contributed by atoms with E-state index in [1.807, 2.05) is 24.4 Å². The van der Waals surface area contributed by atoms with Gasteiger partial charge in [-0.15, -0.1) is 0 Å². The molecule has 2 aromatic carbocycles. The number of carbonyl (C=O) groups excluding carboxylic acids is 1. The molecule has 0 aliphatic carbocycles. The maximum atomic E-state index is 13.0. The first kappa shape index (κ1) is 18.6. The van der Waals surface area contributed by atoms with Crippen molar-refractivity contribution in [3.63, 3.8) is 0 Å². The Morgan fingerprint density at radius 2 is 1.90 bits per heavy atom. The highest BCUT2D eigenvalue weighted by molar-refractivity contribution is 5.92. The summed E-state index contributed by atoms with van der Waals surface area (Å²) in [5.74, 6) is 0.00515. The Morgan fingerprint density at radius 1 is 1.07 bits per heavy atom. The number of rotatable bonds is 7. The molecule has 7 heteroatoms. The molecule has 6 nitrogen and oxygen atoms in total. The molecule has 0 spiro atoms. The van der Waals surface area contributed by atoms with Crippen LogP contribution >= 0.6 is 0 Å². The summed E-state index contributed by atoms with van der Waals surface area (Å²) >= 11 is 0. The molecular formula is C22H20FN5O. The van der Waals surface area contributed by atoms with Gasteiger partial charge in [0.2, 0.25) is 0 Å². The highest BCUT2D eigenvalue weighted by Gasteiger charge is 2.09. The number of halogens is 1. The third kappa shape index (κ3) is 4.57. The van der Waals surface area contributed by atoms with Crippen LogP contribution in [0.1, 0.15) is 21.6 Å². The number of aromatic amines is 1. The molecule has 0 bridgehead atoms. The number of benzene rings is 2. The smallest absolute Gasteiger partial charge is 0.270 e. The van der Waals surface area contributed by atoms with Crippen LogP contribution in [0, 0.1) is 5.82 Å². The van der Waals surface area contributed by atoms with Gasteiger partial charge in [-0.1, -0.05) is 30.3 Å². The minimum atomic E-state index is -0.276. The number of nitrogens with zero attached hydrogens (tertiary/aromatic N) is 2. The van der Waals surface area contributed by atoms with Crippen molar-refractivity contribution in [2.45, 2.75) is 13.0 Å². The summed E-state index contributed by atoms with van der Waals surface area (Å²) in [7, 11) is 0. The van der Waals surface area contributed by atoms with Crippen molar-refractivity contribution in [2.24, 2.45) is 0 Å². The number of nitrogens with one attached hydrogen (secondary N) is 3. The standard InChI is InChI=1S/C22H20FN5O/c23-17-7-5-15(6-8-17)12-26-21-11-20(27-14-28-21)22(29)24-10-9-16-13-25-19-4-2-1-3-18(16)19/h1-8,11,13-14,25H,9-10,12H2,(H,24,29)(H,26,27,28). The van der Waals surface area contributed by atoms with Crippen molar-refractivity contribution in [1.29, 1.82) is 0 Å². The molecule has 0 unspecified atom stereocenters. The van der Waals surface area contributed by atoms with Gasteiger partial charge in [0.15, 0.2) is 0 Å². The highest BCUT2D eigenvalue weighted by atomic mass is 19.1. The molecule has 0 saturated carbocycles. The molecule has 2 aromatic heterocycles. The molecule has 3 N–H and O–H groups in total. The molecule has 0 saturated heterocycles. The fourth-order valence-corrected chi connectivity index (χ4v) is 3.11. The summed E-state index contributed by atoms with van der Waals surface area (Å²) in [6.45, 7) is 0.974. The van der Waals surface area contributed by atoms with E-state index in [1.54, 1.807) is 18.2 Å². The summed E-state index contributed by atoms with van der Waals surface area (Å²) in [6, 6.07) is 15.9. The second-order valence-corrected chi connectivity index (χ2v) is 6.63. The van der Waals surface area contributed by atoms with Crippen molar-refractivity contribution >= 4 is 22.6 Å². The van der Waals surface area contributed by atoms with E-state index in [0.29, 0.717) is 24.6 Å². The number of H-pyrrole nitrogens is 1. The fourth-order valence-electron chi connectivity index (χ4n) is 3.11. The molecule has 4 rings (SSSR count). The van der Waals surface area contributed by atoms with Gasteiger partial charge >= 0.3 is 0 Å². The third-order valence-electron chi connectivity index (χ3n) is 4.64. The van der Waals surface area contributed by atoms with E-state index >= 15 is 0 Å². The monoisotopic (exact) mass is 389 g/mol. The topological polar surface area (TPSA) is 82.7 Å². The van der Waals surface area contributed by atoms with Crippen LogP contribution in [0.25, 0.3) is 10.9 Å². The zero-order valence-corrected chi connectivity index (χ0v) is 15.7. The van der Waals surface area contributed by atoms with E-state index in [0.717, 1.165) is 28.5 Å². The van der Waals surface area contributed by atoms with E-state index in [2.05, 4.69) is 31.7 Å². The Balaban J connectivity index is 1.32. The van der Waals surface area contributed by atoms with Crippen LogP contribution in [0.5, 0.6) is 0 Å². The molecule has 1 amide bonds. The average molecular weight is 389 g/mol. The van der Waals surface area contributed by atoms with Gasteiger partial charge < -0.3 is 15.6 Å². The average Bonchev–Trinajstić information content (AvgIpc) is 3.17.